The molecular weight excluding hydrogens is 419 g/mol. The van der Waals surface area contributed by atoms with Gasteiger partial charge >= 0.3 is 0 Å². The molecule has 8 heteroatoms. The summed E-state index contributed by atoms with van der Waals surface area (Å²) in [7, 11) is 2.07. The van der Waals surface area contributed by atoms with E-state index in [0.29, 0.717) is 23.5 Å². The number of fused-ring (bicyclic) bond motifs is 1. The van der Waals surface area contributed by atoms with Crippen LogP contribution >= 0.6 is 0 Å². The molecule has 166 valence electrons. The Morgan fingerprint density at radius 3 is 2.55 bits per heavy atom. The van der Waals surface area contributed by atoms with Gasteiger partial charge in [-0.1, -0.05) is 0 Å². The number of hydrogen-bond acceptors (Lipinski definition) is 5. The van der Waals surface area contributed by atoms with Gasteiger partial charge in [-0.2, -0.15) is 5.26 Å². The fourth-order valence-corrected chi connectivity index (χ4v) is 4.19. The third kappa shape index (κ3) is 3.99. The summed E-state index contributed by atoms with van der Waals surface area (Å²) >= 11 is 0. The van der Waals surface area contributed by atoms with E-state index >= 15 is 0 Å². The maximum Gasteiger partial charge on any atom is 0.253 e. The lowest BCUT2D eigenvalue weighted by Gasteiger charge is -2.32. The summed E-state index contributed by atoms with van der Waals surface area (Å²) in [6.45, 7) is 3.70. The van der Waals surface area contributed by atoms with Crippen molar-refractivity contribution in [1.82, 2.24) is 19.4 Å². The molecule has 1 fully saturated rings. The van der Waals surface area contributed by atoms with E-state index in [0.717, 1.165) is 37.7 Å². The first-order valence-electron chi connectivity index (χ1n) is 10.8. The molecule has 3 heterocycles. The van der Waals surface area contributed by atoms with Crippen molar-refractivity contribution < 1.29 is 9.18 Å². The van der Waals surface area contributed by atoms with Crippen molar-refractivity contribution in [1.29, 1.82) is 5.26 Å². The first-order valence-corrected chi connectivity index (χ1v) is 10.8. The SMILES string of the molecule is CN1CCN(C(=O)c2ccc(N3C=Cc4ncc(-c5ccc(C#N)cc5F)n4C3)cc2)CC1. The highest BCUT2D eigenvalue weighted by Crippen LogP contribution is 2.29. The maximum atomic E-state index is 14.6. The molecule has 1 saturated heterocycles. The number of carbonyl (C=O) groups excluding carboxylic acids is 1. The summed E-state index contributed by atoms with van der Waals surface area (Å²) in [5.74, 6) is 0.329. The fraction of sp³-hybridized carbons (Fsp3) is 0.240. The van der Waals surface area contributed by atoms with Crippen LogP contribution in [-0.4, -0.2) is 58.5 Å². The lowest BCUT2D eigenvalue weighted by molar-refractivity contribution is 0.0664. The van der Waals surface area contributed by atoms with Gasteiger partial charge in [0.25, 0.3) is 5.91 Å². The third-order valence-electron chi connectivity index (χ3n) is 6.19. The molecular formula is C25H23FN6O. The van der Waals surface area contributed by atoms with E-state index in [9.17, 15) is 9.18 Å². The molecule has 1 aromatic heterocycles. The fourth-order valence-electron chi connectivity index (χ4n) is 4.19. The van der Waals surface area contributed by atoms with E-state index < -0.39 is 5.82 Å². The monoisotopic (exact) mass is 442 g/mol. The lowest BCUT2D eigenvalue weighted by atomic mass is 10.1. The molecule has 0 N–H and O–H groups in total. The molecule has 0 saturated carbocycles. The average molecular weight is 442 g/mol. The number of nitrogens with zero attached hydrogens (tertiary/aromatic N) is 6. The molecule has 0 aliphatic carbocycles. The van der Waals surface area contributed by atoms with Crippen molar-refractivity contribution in [2.75, 3.05) is 38.1 Å². The van der Waals surface area contributed by atoms with Gasteiger partial charge in [0.1, 0.15) is 18.3 Å². The average Bonchev–Trinajstić information content (AvgIpc) is 3.27. The first-order chi connectivity index (χ1) is 16.0. The molecule has 0 atom stereocenters. The smallest absolute Gasteiger partial charge is 0.253 e. The zero-order valence-corrected chi connectivity index (χ0v) is 18.3. The van der Waals surface area contributed by atoms with Gasteiger partial charge in [0, 0.05) is 49.2 Å². The zero-order chi connectivity index (χ0) is 22.9. The van der Waals surface area contributed by atoms with E-state index in [1.165, 1.54) is 6.07 Å². The molecule has 5 rings (SSSR count). The number of halogens is 1. The van der Waals surface area contributed by atoms with Gasteiger partial charge in [0.05, 0.1) is 23.5 Å². The highest BCUT2D eigenvalue weighted by molar-refractivity contribution is 5.94. The maximum absolute atomic E-state index is 14.6. The Morgan fingerprint density at radius 1 is 1.09 bits per heavy atom. The summed E-state index contributed by atoms with van der Waals surface area (Å²) in [5, 5.41) is 9.00. The van der Waals surface area contributed by atoms with E-state index in [1.54, 1.807) is 18.3 Å². The molecule has 0 radical (unpaired) electrons. The molecule has 0 bridgehead atoms. The Hall–Kier alpha value is -3.96. The second-order valence-corrected chi connectivity index (χ2v) is 8.31. The predicted octanol–water partition coefficient (Wildman–Crippen LogP) is 3.40. The second kappa shape index (κ2) is 8.52. The molecule has 1 amide bonds. The second-order valence-electron chi connectivity index (χ2n) is 8.31. The Labute approximate surface area is 191 Å². The quantitative estimate of drug-likeness (QED) is 0.622. The summed E-state index contributed by atoms with van der Waals surface area (Å²) in [4.78, 5) is 23.4. The van der Waals surface area contributed by atoms with Crippen LogP contribution in [0.1, 0.15) is 21.7 Å². The number of amides is 1. The number of nitriles is 1. The van der Waals surface area contributed by atoms with Crippen molar-refractivity contribution >= 4 is 17.7 Å². The van der Waals surface area contributed by atoms with Gasteiger partial charge in [-0.05, 0) is 55.6 Å². The van der Waals surface area contributed by atoms with E-state index in [4.69, 9.17) is 5.26 Å². The number of anilines is 1. The van der Waals surface area contributed by atoms with Gasteiger partial charge in [-0.15, -0.1) is 0 Å². The summed E-state index contributed by atoms with van der Waals surface area (Å²) < 4.78 is 16.5. The number of benzene rings is 2. The van der Waals surface area contributed by atoms with Crippen LogP contribution in [0.3, 0.4) is 0 Å². The minimum Gasteiger partial charge on any atom is -0.336 e. The summed E-state index contributed by atoms with van der Waals surface area (Å²) in [6.07, 6.45) is 5.45. The standard InChI is InChI=1S/C25H23FN6O/c1-29-10-12-30(13-11-29)25(33)19-3-5-20(6-4-19)31-9-8-24-28-16-23(32(24)17-31)21-7-2-18(15-27)14-22(21)26/h2-9,14,16H,10-13,17H2,1H3. The minimum atomic E-state index is -0.454. The minimum absolute atomic E-state index is 0.0549. The van der Waals surface area contributed by atoms with Crippen molar-refractivity contribution in [3.8, 4) is 17.3 Å². The Bertz CT molecular complexity index is 1270. The van der Waals surface area contributed by atoms with E-state index in [1.807, 2.05) is 57.0 Å². The van der Waals surface area contributed by atoms with Crippen LogP contribution in [0.5, 0.6) is 0 Å². The zero-order valence-electron chi connectivity index (χ0n) is 18.3. The molecule has 0 spiro atoms. The Balaban J connectivity index is 1.35. The highest BCUT2D eigenvalue weighted by atomic mass is 19.1. The van der Waals surface area contributed by atoms with Crippen molar-refractivity contribution in [3.63, 3.8) is 0 Å². The molecule has 7 nitrogen and oxygen atoms in total. The summed E-state index contributed by atoms with van der Waals surface area (Å²) in [6, 6.07) is 14.0. The van der Waals surface area contributed by atoms with Crippen LogP contribution in [-0.2, 0) is 6.67 Å². The number of aromatic nitrogens is 2. The molecule has 0 unspecified atom stereocenters. The normalized spacial score (nSPS) is 15.9. The van der Waals surface area contributed by atoms with Gasteiger partial charge in [0.15, 0.2) is 0 Å². The van der Waals surface area contributed by atoms with Crippen LogP contribution in [0.15, 0.2) is 54.9 Å². The van der Waals surface area contributed by atoms with Crippen LogP contribution < -0.4 is 4.90 Å². The molecule has 2 aromatic carbocycles. The highest BCUT2D eigenvalue weighted by Gasteiger charge is 2.22. The largest absolute Gasteiger partial charge is 0.336 e. The first kappa shape index (κ1) is 20.9. The van der Waals surface area contributed by atoms with Crippen molar-refractivity contribution in [3.05, 3.63) is 77.6 Å². The Kier molecular flexibility index (Phi) is 5.40. The van der Waals surface area contributed by atoms with Crippen LogP contribution in [0.2, 0.25) is 0 Å². The van der Waals surface area contributed by atoms with Crippen LogP contribution in [0.4, 0.5) is 10.1 Å². The molecule has 33 heavy (non-hydrogen) atoms. The predicted molar refractivity (Wildman–Crippen MR) is 124 cm³/mol. The third-order valence-corrected chi connectivity index (χ3v) is 6.19. The van der Waals surface area contributed by atoms with E-state index in [-0.39, 0.29) is 11.5 Å². The van der Waals surface area contributed by atoms with Gasteiger partial charge in [0.2, 0.25) is 0 Å². The molecule has 2 aliphatic heterocycles. The number of rotatable bonds is 3. The summed E-state index contributed by atoms with van der Waals surface area (Å²) in [5.41, 5.74) is 2.92. The van der Waals surface area contributed by atoms with Crippen LogP contribution in [0.25, 0.3) is 17.3 Å². The Morgan fingerprint density at radius 2 is 1.85 bits per heavy atom. The van der Waals surface area contributed by atoms with Gasteiger partial charge < -0.3 is 19.3 Å². The van der Waals surface area contributed by atoms with Crippen molar-refractivity contribution in [2.45, 2.75) is 6.67 Å². The number of imidazole rings is 1. The molecule has 2 aliphatic rings. The number of carbonyl (C=O) groups is 1. The van der Waals surface area contributed by atoms with Gasteiger partial charge in [-0.25, -0.2) is 9.37 Å². The van der Waals surface area contributed by atoms with Crippen molar-refractivity contribution in [2.24, 2.45) is 0 Å². The molecule has 3 aromatic rings. The number of piperazine rings is 1. The van der Waals surface area contributed by atoms with E-state index in [2.05, 4.69) is 16.9 Å². The van der Waals surface area contributed by atoms with Crippen LogP contribution in [0, 0.1) is 17.1 Å². The number of hydrogen-bond donors (Lipinski definition) is 0. The number of likely N-dealkylation sites (N-methyl/N-ethyl adjacent to an activating group) is 1. The van der Waals surface area contributed by atoms with Gasteiger partial charge in [-0.3, -0.25) is 4.79 Å². The lowest BCUT2D eigenvalue weighted by Crippen LogP contribution is -2.47. The topological polar surface area (TPSA) is 68.4 Å².